The number of fused-ring (bicyclic) bond motifs is 3. The van der Waals surface area contributed by atoms with Crippen LogP contribution in [0.5, 0.6) is 5.75 Å². The van der Waals surface area contributed by atoms with E-state index in [1.807, 2.05) is 54.6 Å². The van der Waals surface area contributed by atoms with Gasteiger partial charge in [-0.1, -0.05) is 54.1 Å². The lowest BCUT2D eigenvalue weighted by Crippen LogP contribution is -2.32. The standard InChI is InChI=1S/C24H16ClFN4O/c25-15-11-9-14(10-12-15)23-20-21(17-6-2-4-8-19(17)31-23)29-24-27-13-28-30(24)22(20)16-5-1-3-7-18(16)26/h1-13,22-23H,(H,27,28,29)/t22-,23+/m0/s1. The minimum absolute atomic E-state index is 0.309. The van der Waals surface area contributed by atoms with Gasteiger partial charge >= 0.3 is 0 Å². The lowest BCUT2D eigenvalue weighted by Gasteiger charge is -2.39. The Kier molecular flexibility index (Phi) is 4.07. The number of ether oxygens (including phenoxy) is 1. The van der Waals surface area contributed by atoms with E-state index in [1.165, 1.54) is 12.4 Å². The highest BCUT2D eigenvalue weighted by Crippen LogP contribution is 2.50. The summed E-state index contributed by atoms with van der Waals surface area (Å²) in [4.78, 5) is 4.36. The predicted molar refractivity (Wildman–Crippen MR) is 116 cm³/mol. The molecule has 4 aromatic rings. The molecule has 31 heavy (non-hydrogen) atoms. The van der Waals surface area contributed by atoms with Crippen molar-refractivity contribution >= 4 is 23.2 Å². The lowest BCUT2D eigenvalue weighted by molar-refractivity contribution is 0.222. The molecule has 0 aliphatic carbocycles. The fraction of sp³-hybridized carbons (Fsp3) is 0.0833. The quantitative estimate of drug-likeness (QED) is 0.447. The van der Waals surface area contributed by atoms with Gasteiger partial charge in [0.05, 0.1) is 5.70 Å². The van der Waals surface area contributed by atoms with Gasteiger partial charge in [-0.25, -0.2) is 9.07 Å². The summed E-state index contributed by atoms with van der Waals surface area (Å²) in [5.41, 5.74) is 4.04. The molecule has 2 atom stereocenters. The van der Waals surface area contributed by atoms with E-state index in [9.17, 15) is 0 Å². The number of nitrogens with zero attached hydrogens (tertiary/aromatic N) is 3. The van der Waals surface area contributed by atoms with Crippen molar-refractivity contribution in [1.82, 2.24) is 14.8 Å². The molecule has 7 heteroatoms. The predicted octanol–water partition coefficient (Wildman–Crippen LogP) is 5.63. The third kappa shape index (κ3) is 2.83. The third-order valence-electron chi connectivity index (χ3n) is 5.69. The van der Waals surface area contributed by atoms with Crippen LogP contribution in [0.15, 0.2) is 84.7 Å². The largest absolute Gasteiger partial charge is 0.480 e. The zero-order chi connectivity index (χ0) is 20.9. The van der Waals surface area contributed by atoms with Crippen LogP contribution in [0.25, 0.3) is 5.70 Å². The van der Waals surface area contributed by atoms with E-state index in [2.05, 4.69) is 15.4 Å². The zero-order valence-corrected chi connectivity index (χ0v) is 16.9. The van der Waals surface area contributed by atoms with Crippen LogP contribution in [0.4, 0.5) is 10.3 Å². The van der Waals surface area contributed by atoms with Gasteiger partial charge in [0.2, 0.25) is 5.95 Å². The topological polar surface area (TPSA) is 52.0 Å². The molecule has 152 valence electrons. The number of halogens is 2. The second-order valence-corrected chi connectivity index (χ2v) is 7.89. The molecule has 2 aliphatic rings. The second kappa shape index (κ2) is 6.96. The molecule has 1 aromatic heterocycles. The lowest BCUT2D eigenvalue weighted by atomic mass is 9.84. The Labute approximate surface area is 182 Å². The monoisotopic (exact) mass is 430 g/mol. The molecule has 3 aromatic carbocycles. The van der Waals surface area contributed by atoms with Gasteiger partial charge in [-0.3, -0.25) is 0 Å². The molecule has 2 aliphatic heterocycles. The number of hydrogen-bond acceptors (Lipinski definition) is 4. The van der Waals surface area contributed by atoms with Crippen molar-refractivity contribution in [3.8, 4) is 5.75 Å². The third-order valence-corrected chi connectivity index (χ3v) is 5.95. The number of para-hydroxylation sites is 1. The van der Waals surface area contributed by atoms with Gasteiger partial charge in [0, 0.05) is 21.7 Å². The number of anilines is 1. The summed E-state index contributed by atoms with van der Waals surface area (Å²) in [6.07, 6.45) is 1.01. The van der Waals surface area contributed by atoms with E-state index in [0.29, 0.717) is 16.5 Å². The van der Waals surface area contributed by atoms with E-state index in [4.69, 9.17) is 16.3 Å². The van der Waals surface area contributed by atoms with Crippen LogP contribution in [-0.4, -0.2) is 14.8 Å². The SMILES string of the molecule is Fc1ccccc1[C@H]1C2=C(Nc3ncnn31)c1ccccc1O[C@@H]2c1ccc(Cl)cc1. The molecular formula is C24H16ClFN4O. The van der Waals surface area contributed by atoms with Gasteiger partial charge in [0.15, 0.2) is 0 Å². The zero-order valence-electron chi connectivity index (χ0n) is 16.2. The van der Waals surface area contributed by atoms with Crippen molar-refractivity contribution in [3.05, 3.63) is 112 Å². The second-order valence-electron chi connectivity index (χ2n) is 7.45. The Balaban J connectivity index is 1.65. The summed E-state index contributed by atoms with van der Waals surface area (Å²) in [6, 6.07) is 21.5. The summed E-state index contributed by atoms with van der Waals surface area (Å²) < 4.78 is 23.2. The smallest absolute Gasteiger partial charge is 0.226 e. The van der Waals surface area contributed by atoms with E-state index in [0.717, 1.165) is 28.1 Å². The summed E-state index contributed by atoms with van der Waals surface area (Å²) >= 11 is 6.13. The van der Waals surface area contributed by atoms with E-state index >= 15 is 4.39 Å². The van der Waals surface area contributed by atoms with Crippen molar-refractivity contribution < 1.29 is 9.13 Å². The van der Waals surface area contributed by atoms with Gasteiger partial charge in [0.25, 0.3) is 0 Å². The molecule has 0 fully saturated rings. The Morgan fingerprint density at radius 1 is 0.968 bits per heavy atom. The van der Waals surface area contributed by atoms with Crippen LogP contribution in [0, 0.1) is 5.82 Å². The summed E-state index contributed by atoms with van der Waals surface area (Å²) in [5, 5.41) is 8.46. The van der Waals surface area contributed by atoms with Crippen molar-refractivity contribution in [2.24, 2.45) is 0 Å². The molecule has 0 saturated carbocycles. The van der Waals surface area contributed by atoms with Crippen molar-refractivity contribution in [2.75, 3.05) is 5.32 Å². The average Bonchev–Trinajstić information content (AvgIpc) is 3.27. The van der Waals surface area contributed by atoms with Gasteiger partial charge in [-0.05, 0) is 35.9 Å². The van der Waals surface area contributed by atoms with Gasteiger partial charge in [-0.15, -0.1) is 0 Å². The summed E-state index contributed by atoms with van der Waals surface area (Å²) in [7, 11) is 0. The molecular weight excluding hydrogens is 415 g/mol. The summed E-state index contributed by atoms with van der Waals surface area (Å²) in [6.45, 7) is 0. The van der Waals surface area contributed by atoms with Crippen molar-refractivity contribution in [3.63, 3.8) is 0 Å². The van der Waals surface area contributed by atoms with Gasteiger partial charge < -0.3 is 10.1 Å². The molecule has 6 rings (SSSR count). The Hall–Kier alpha value is -3.64. The molecule has 0 amide bonds. The molecule has 3 heterocycles. The highest BCUT2D eigenvalue weighted by molar-refractivity contribution is 6.30. The Bertz CT molecular complexity index is 1330. The number of benzene rings is 3. The number of hydrogen-bond donors (Lipinski definition) is 1. The normalized spacial score (nSPS) is 19.0. The maximum atomic E-state index is 15.0. The number of nitrogens with one attached hydrogen (secondary N) is 1. The minimum atomic E-state index is -0.524. The fourth-order valence-corrected chi connectivity index (χ4v) is 4.45. The van der Waals surface area contributed by atoms with E-state index in [-0.39, 0.29) is 5.82 Å². The fourth-order valence-electron chi connectivity index (χ4n) is 4.33. The first kappa shape index (κ1) is 18.2. The van der Waals surface area contributed by atoms with E-state index in [1.54, 1.807) is 16.8 Å². The maximum Gasteiger partial charge on any atom is 0.226 e. The average molecular weight is 431 g/mol. The first-order valence-corrected chi connectivity index (χ1v) is 10.2. The molecule has 0 bridgehead atoms. The first-order valence-electron chi connectivity index (χ1n) is 9.87. The highest BCUT2D eigenvalue weighted by atomic mass is 35.5. The maximum absolute atomic E-state index is 15.0. The van der Waals surface area contributed by atoms with Gasteiger partial charge in [0.1, 0.15) is 30.0 Å². The van der Waals surface area contributed by atoms with Crippen LogP contribution in [0.1, 0.15) is 28.8 Å². The molecule has 0 radical (unpaired) electrons. The molecule has 0 unspecified atom stereocenters. The molecule has 5 nitrogen and oxygen atoms in total. The van der Waals surface area contributed by atoms with Crippen LogP contribution in [0.3, 0.4) is 0 Å². The van der Waals surface area contributed by atoms with Crippen LogP contribution < -0.4 is 10.1 Å². The van der Waals surface area contributed by atoms with E-state index < -0.39 is 12.1 Å². The number of rotatable bonds is 2. The van der Waals surface area contributed by atoms with Gasteiger partial charge in [-0.2, -0.15) is 10.1 Å². The molecule has 1 N–H and O–H groups in total. The van der Waals surface area contributed by atoms with Crippen molar-refractivity contribution in [1.29, 1.82) is 0 Å². The first-order chi connectivity index (χ1) is 15.2. The minimum Gasteiger partial charge on any atom is -0.480 e. The molecule has 0 spiro atoms. The summed E-state index contributed by atoms with van der Waals surface area (Å²) in [5.74, 6) is 0.990. The van der Waals surface area contributed by atoms with Crippen LogP contribution in [0.2, 0.25) is 5.02 Å². The molecule has 0 saturated heterocycles. The van der Waals surface area contributed by atoms with Crippen LogP contribution in [-0.2, 0) is 0 Å². The number of aromatic nitrogens is 3. The Morgan fingerprint density at radius 2 is 1.74 bits per heavy atom. The van der Waals surface area contributed by atoms with Crippen LogP contribution >= 0.6 is 11.6 Å². The Morgan fingerprint density at radius 3 is 2.58 bits per heavy atom. The van der Waals surface area contributed by atoms with Crippen molar-refractivity contribution in [2.45, 2.75) is 12.1 Å². The highest BCUT2D eigenvalue weighted by Gasteiger charge is 2.41.